The number of carbonyl (C=O) groups excluding carboxylic acids is 1. The van der Waals surface area contributed by atoms with E-state index in [2.05, 4.69) is 26.1 Å². The van der Waals surface area contributed by atoms with E-state index in [0.29, 0.717) is 41.7 Å². The Morgan fingerprint density at radius 3 is 2.41 bits per heavy atom. The van der Waals surface area contributed by atoms with E-state index in [4.69, 9.17) is 14.2 Å². The number of amides is 1. The van der Waals surface area contributed by atoms with Crippen LogP contribution < -0.4 is 19.5 Å². The number of benzene rings is 3. The molecule has 0 radical (unpaired) electrons. The summed E-state index contributed by atoms with van der Waals surface area (Å²) in [6, 6.07) is 18.3. The number of nitriles is 1. The fourth-order valence-corrected chi connectivity index (χ4v) is 3.64. The van der Waals surface area contributed by atoms with Gasteiger partial charge < -0.3 is 19.5 Å². The number of nitrogens with one attached hydrogen (secondary N) is 1. The molecule has 1 heterocycles. The van der Waals surface area contributed by atoms with Crippen molar-refractivity contribution < 1.29 is 23.9 Å². The summed E-state index contributed by atoms with van der Waals surface area (Å²) >= 11 is 0. The van der Waals surface area contributed by atoms with Gasteiger partial charge in [-0.25, -0.2) is 0 Å². The number of rotatable bonds is 6. The van der Waals surface area contributed by atoms with E-state index in [-0.39, 0.29) is 22.4 Å². The van der Waals surface area contributed by atoms with Gasteiger partial charge in [0.1, 0.15) is 30.6 Å². The highest BCUT2D eigenvalue weighted by atomic mass is 16.6. The zero-order chi connectivity index (χ0) is 26.6. The molecular weight excluding hydrogens is 474 g/mol. The Morgan fingerprint density at radius 2 is 1.76 bits per heavy atom. The topological polar surface area (TPSA) is 124 Å². The number of ether oxygens (including phenoxy) is 3. The van der Waals surface area contributed by atoms with Gasteiger partial charge in [0.2, 0.25) is 5.75 Å². The van der Waals surface area contributed by atoms with E-state index in [1.54, 1.807) is 36.4 Å². The minimum absolute atomic E-state index is 0.0364. The van der Waals surface area contributed by atoms with Gasteiger partial charge in [-0.15, -0.1) is 0 Å². The first kappa shape index (κ1) is 25.3. The van der Waals surface area contributed by atoms with Crippen LogP contribution in [-0.2, 0) is 10.2 Å². The predicted octanol–water partition coefficient (Wildman–Crippen LogP) is 6.00. The second-order valence-corrected chi connectivity index (χ2v) is 9.34. The normalized spacial score (nSPS) is 12.9. The molecule has 0 atom stereocenters. The van der Waals surface area contributed by atoms with Crippen molar-refractivity contribution in [3.05, 3.63) is 87.5 Å². The number of nitrogens with zero attached hydrogens (tertiary/aromatic N) is 2. The molecule has 3 aromatic carbocycles. The fraction of sp³-hybridized carbons (Fsp3) is 0.214. The van der Waals surface area contributed by atoms with Crippen LogP contribution >= 0.6 is 0 Å². The first-order chi connectivity index (χ1) is 17.6. The Balaban J connectivity index is 1.54. The summed E-state index contributed by atoms with van der Waals surface area (Å²) in [4.78, 5) is 23.9. The van der Waals surface area contributed by atoms with Gasteiger partial charge in [0, 0.05) is 17.8 Å². The Kier molecular flexibility index (Phi) is 7.11. The van der Waals surface area contributed by atoms with E-state index in [9.17, 15) is 20.2 Å². The van der Waals surface area contributed by atoms with Gasteiger partial charge in [0.25, 0.3) is 5.91 Å². The van der Waals surface area contributed by atoms with Crippen molar-refractivity contribution in [2.24, 2.45) is 0 Å². The average Bonchev–Trinajstić information content (AvgIpc) is 2.87. The smallest absolute Gasteiger partial charge is 0.312 e. The molecular formula is C28H25N3O6. The van der Waals surface area contributed by atoms with Crippen molar-refractivity contribution in [2.75, 3.05) is 18.5 Å². The lowest BCUT2D eigenvalue weighted by Crippen LogP contribution is -2.17. The Hall–Kier alpha value is -4.84. The van der Waals surface area contributed by atoms with Crippen molar-refractivity contribution >= 4 is 23.4 Å². The molecule has 188 valence electrons. The highest BCUT2D eigenvalue weighted by molar-refractivity contribution is 6.09. The standard InChI is InChI=1S/C28H25N3O6/c1-28(2,3)20-5-8-22(9-6-20)37-24-10-4-18(15-23(24)31(33)34)14-19(17-29)27(32)30-21-7-11-25-26(16-21)36-13-12-35-25/h4-11,14-16H,12-13H2,1-3H3,(H,30,32)/b19-14-. The van der Waals surface area contributed by atoms with E-state index in [1.807, 2.05) is 18.2 Å². The van der Waals surface area contributed by atoms with Crippen LogP contribution in [-0.4, -0.2) is 24.0 Å². The van der Waals surface area contributed by atoms with Gasteiger partial charge in [0.05, 0.1) is 4.92 Å². The van der Waals surface area contributed by atoms with Crippen LogP contribution in [0.25, 0.3) is 6.08 Å². The zero-order valence-electron chi connectivity index (χ0n) is 20.6. The molecule has 0 saturated heterocycles. The van der Waals surface area contributed by atoms with Crippen LogP contribution in [0, 0.1) is 21.4 Å². The van der Waals surface area contributed by atoms with Gasteiger partial charge >= 0.3 is 5.69 Å². The summed E-state index contributed by atoms with van der Waals surface area (Å²) in [5.74, 6) is 0.896. The van der Waals surface area contributed by atoms with Crippen molar-refractivity contribution in [1.29, 1.82) is 5.26 Å². The lowest BCUT2D eigenvalue weighted by atomic mass is 9.87. The summed E-state index contributed by atoms with van der Waals surface area (Å²) in [5, 5.41) is 23.9. The number of nitro groups is 1. The second kappa shape index (κ2) is 10.4. The SMILES string of the molecule is CC(C)(C)c1ccc(Oc2ccc(/C=C(/C#N)C(=O)Nc3ccc4c(c3)OCCO4)cc2[N+](=O)[O-])cc1. The van der Waals surface area contributed by atoms with Crippen LogP contribution in [0.1, 0.15) is 31.9 Å². The molecule has 1 aliphatic heterocycles. The van der Waals surface area contributed by atoms with Gasteiger partial charge in [-0.05, 0) is 52.9 Å². The molecule has 0 aliphatic carbocycles. The van der Waals surface area contributed by atoms with Crippen molar-refractivity contribution in [3.8, 4) is 29.1 Å². The molecule has 9 heteroatoms. The maximum Gasteiger partial charge on any atom is 0.312 e. The zero-order valence-corrected chi connectivity index (χ0v) is 20.6. The molecule has 37 heavy (non-hydrogen) atoms. The monoisotopic (exact) mass is 499 g/mol. The minimum atomic E-state index is -0.666. The summed E-state index contributed by atoms with van der Waals surface area (Å²) in [6.45, 7) is 7.11. The van der Waals surface area contributed by atoms with Gasteiger partial charge in [-0.2, -0.15) is 5.26 Å². The van der Waals surface area contributed by atoms with Crippen LogP contribution in [0.5, 0.6) is 23.0 Å². The number of hydrogen-bond donors (Lipinski definition) is 1. The largest absolute Gasteiger partial charge is 0.486 e. The average molecular weight is 500 g/mol. The Labute approximate surface area is 214 Å². The first-order valence-corrected chi connectivity index (χ1v) is 11.5. The molecule has 0 bridgehead atoms. The Morgan fingerprint density at radius 1 is 1.05 bits per heavy atom. The van der Waals surface area contributed by atoms with E-state index in [1.165, 1.54) is 18.2 Å². The van der Waals surface area contributed by atoms with Crippen LogP contribution in [0.3, 0.4) is 0 Å². The molecule has 0 fully saturated rings. The summed E-state index contributed by atoms with van der Waals surface area (Å²) in [7, 11) is 0. The molecule has 0 aromatic heterocycles. The number of carbonyl (C=O) groups is 1. The van der Waals surface area contributed by atoms with Crippen molar-refractivity contribution in [1.82, 2.24) is 0 Å². The second-order valence-electron chi connectivity index (χ2n) is 9.34. The van der Waals surface area contributed by atoms with Crippen LogP contribution in [0.2, 0.25) is 0 Å². The molecule has 0 saturated carbocycles. The van der Waals surface area contributed by atoms with Crippen molar-refractivity contribution in [3.63, 3.8) is 0 Å². The van der Waals surface area contributed by atoms with Gasteiger partial charge in [0.15, 0.2) is 11.5 Å². The first-order valence-electron chi connectivity index (χ1n) is 11.5. The van der Waals surface area contributed by atoms with Crippen molar-refractivity contribution in [2.45, 2.75) is 26.2 Å². The molecule has 9 nitrogen and oxygen atoms in total. The molecule has 4 rings (SSSR count). The van der Waals surface area contributed by atoms with Crippen LogP contribution in [0.4, 0.5) is 11.4 Å². The number of anilines is 1. The fourth-order valence-electron chi connectivity index (χ4n) is 3.64. The van der Waals surface area contributed by atoms with E-state index in [0.717, 1.165) is 5.56 Å². The molecule has 1 amide bonds. The van der Waals surface area contributed by atoms with Crippen LogP contribution in [0.15, 0.2) is 66.2 Å². The lowest BCUT2D eigenvalue weighted by Gasteiger charge is -2.19. The quantitative estimate of drug-likeness (QED) is 0.191. The minimum Gasteiger partial charge on any atom is -0.486 e. The lowest BCUT2D eigenvalue weighted by molar-refractivity contribution is -0.385. The third-order valence-corrected chi connectivity index (χ3v) is 5.60. The van der Waals surface area contributed by atoms with E-state index < -0.39 is 10.8 Å². The summed E-state index contributed by atoms with van der Waals surface area (Å²) < 4.78 is 16.7. The maximum atomic E-state index is 12.7. The number of hydrogen-bond acceptors (Lipinski definition) is 7. The third kappa shape index (κ3) is 6.05. The highest BCUT2D eigenvalue weighted by Gasteiger charge is 2.19. The molecule has 0 spiro atoms. The third-order valence-electron chi connectivity index (χ3n) is 5.60. The molecule has 1 aliphatic rings. The molecule has 0 unspecified atom stereocenters. The summed E-state index contributed by atoms with van der Waals surface area (Å²) in [5.41, 5.74) is 1.27. The molecule has 1 N–H and O–H groups in total. The van der Waals surface area contributed by atoms with Gasteiger partial charge in [-0.3, -0.25) is 14.9 Å². The maximum absolute atomic E-state index is 12.7. The van der Waals surface area contributed by atoms with Gasteiger partial charge in [-0.1, -0.05) is 39.0 Å². The molecule has 3 aromatic rings. The summed E-state index contributed by atoms with van der Waals surface area (Å²) in [6.07, 6.45) is 1.28. The highest BCUT2D eigenvalue weighted by Crippen LogP contribution is 2.35. The predicted molar refractivity (Wildman–Crippen MR) is 138 cm³/mol. The number of fused-ring (bicyclic) bond motifs is 1. The number of nitro benzene ring substituents is 1. The van der Waals surface area contributed by atoms with E-state index >= 15 is 0 Å². The Bertz CT molecular complexity index is 1420.